The summed E-state index contributed by atoms with van der Waals surface area (Å²) < 4.78 is 49.2. The van der Waals surface area contributed by atoms with Gasteiger partial charge in [-0.1, -0.05) is 152 Å². The maximum absolute atomic E-state index is 13.0. The Hall–Kier alpha value is -2.08. The third-order valence-corrected chi connectivity index (χ3v) is 12.5. The molecule has 1 saturated carbocycles. The van der Waals surface area contributed by atoms with Crippen LogP contribution in [0.15, 0.2) is 48.6 Å². The predicted octanol–water partition coefficient (Wildman–Crippen LogP) is 8.26. The van der Waals surface area contributed by atoms with Crippen LogP contribution in [0.3, 0.4) is 0 Å². The van der Waals surface area contributed by atoms with Crippen molar-refractivity contribution in [3.63, 3.8) is 0 Å². The Balaban J connectivity index is 2.66. The molecular weight excluding hydrogens is 898 g/mol. The van der Waals surface area contributed by atoms with Gasteiger partial charge in [0, 0.05) is 12.8 Å². The van der Waals surface area contributed by atoms with Crippen LogP contribution in [0.1, 0.15) is 174 Å². The Bertz CT molecular complexity index is 1480. The lowest BCUT2D eigenvalue weighted by Gasteiger charge is -2.43. The van der Waals surface area contributed by atoms with Gasteiger partial charge in [-0.15, -0.1) is 0 Å². The van der Waals surface area contributed by atoms with Crippen LogP contribution in [0.25, 0.3) is 0 Å². The number of unbranched alkanes of at least 4 members (excludes halogenated alkanes) is 17. The standard InChI is InChI=1S/C47H84O17P2/c1-3-5-7-9-11-13-15-17-18-20-22-24-26-28-30-34-41(50)62-39(37-61-66(58,59)64-47-44(53)42(51)43(52)46(45(47)54)63-65(55,56)57)36-60-40(49)35-31-33-38(48)32-29-27-25-23-21-19-16-14-12-10-8-6-4-2/h5,7,19,21,25,27,29,32,38-39,42-48,51-54H,3-4,6,8-18,20,22-24,26,28,30-31,33-37H2,1-2H3,(H,58,59)(H2,55,56,57)/b7-5-,21-19+,27-25+,32-29+/t38?,39-,42?,43?,44?,45?,46-,47+/m1/s1. The van der Waals surface area contributed by atoms with E-state index in [0.29, 0.717) is 6.42 Å². The number of phosphoric acid groups is 2. The number of ether oxygens (including phenoxy) is 2. The molecule has 1 rings (SSSR count). The first-order valence-electron chi connectivity index (χ1n) is 24.3. The van der Waals surface area contributed by atoms with Crippen molar-refractivity contribution in [3.05, 3.63) is 48.6 Å². The van der Waals surface area contributed by atoms with Gasteiger partial charge >= 0.3 is 27.6 Å². The van der Waals surface area contributed by atoms with Gasteiger partial charge in [0.2, 0.25) is 0 Å². The van der Waals surface area contributed by atoms with E-state index >= 15 is 0 Å². The molecule has 0 amide bonds. The van der Waals surface area contributed by atoms with Crippen LogP contribution in [0.4, 0.5) is 0 Å². The fourth-order valence-corrected chi connectivity index (χ4v) is 8.75. The molecule has 0 aliphatic heterocycles. The molecule has 0 heterocycles. The van der Waals surface area contributed by atoms with Crippen LogP contribution in [0.5, 0.6) is 0 Å². The number of carbonyl (C=O) groups is 2. The number of carbonyl (C=O) groups excluding carboxylic acids is 2. The minimum absolute atomic E-state index is 0.00333. The van der Waals surface area contributed by atoms with E-state index in [2.05, 4.69) is 42.7 Å². The van der Waals surface area contributed by atoms with Crippen molar-refractivity contribution in [1.82, 2.24) is 0 Å². The summed E-state index contributed by atoms with van der Waals surface area (Å²) in [6.07, 6.45) is 23.8. The molecule has 1 aliphatic carbocycles. The summed E-state index contributed by atoms with van der Waals surface area (Å²) in [4.78, 5) is 54.3. The second-order valence-electron chi connectivity index (χ2n) is 17.0. The molecule has 0 saturated heterocycles. The summed E-state index contributed by atoms with van der Waals surface area (Å²) in [5, 5.41) is 51.6. The van der Waals surface area contributed by atoms with Crippen LogP contribution < -0.4 is 0 Å². The molecule has 0 aromatic heterocycles. The van der Waals surface area contributed by atoms with E-state index in [1.807, 2.05) is 12.2 Å². The molecule has 0 aromatic carbocycles. The zero-order chi connectivity index (χ0) is 49.1. The largest absolute Gasteiger partial charge is 0.472 e. The predicted molar refractivity (Wildman–Crippen MR) is 252 cm³/mol. The second-order valence-corrected chi connectivity index (χ2v) is 19.6. The highest BCUT2D eigenvalue weighted by molar-refractivity contribution is 7.47. The third kappa shape index (κ3) is 31.9. The number of hydrogen-bond donors (Lipinski definition) is 8. The first kappa shape index (κ1) is 61.9. The van der Waals surface area contributed by atoms with Crippen molar-refractivity contribution in [2.45, 2.75) is 223 Å². The second kappa shape index (κ2) is 37.8. The van der Waals surface area contributed by atoms with E-state index in [0.717, 1.165) is 57.8 Å². The van der Waals surface area contributed by atoms with Gasteiger partial charge in [0.25, 0.3) is 0 Å². The van der Waals surface area contributed by atoms with Crippen LogP contribution in [0.2, 0.25) is 0 Å². The fourth-order valence-electron chi connectivity index (χ4n) is 7.21. The van der Waals surface area contributed by atoms with Gasteiger partial charge in [0.1, 0.15) is 43.2 Å². The molecule has 0 aromatic rings. The van der Waals surface area contributed by atoms with Crippen LogP contribution >= 0.6 is 15.6 Å². The number of esters is 2. The van der Waals surface area contributed by atoms with Crippen molar-refractivity contribution >= 4 is 27.6 Å². The normalized spacial score (nSPS) is 22.4. The average Bonchev–Trinajstić information content (AvgIpc) is 3.26. The average molecular weight is 983 g/mol. The van der Waals surface area contributed by atoms with E-state index in [1.54, 1.807) is 12.2 Å². The summed E-state index contributed by atoms with van der Waals surface area (Å²) in [5.41, 5.74) is 0. The Kier molecular flexibility index (Phi) is 35.4. The monoisotopic (exact) mass is 983 g/mol. The summed E-state index contributed by atoms with van der Waals surface area (Å²) >= 11 is 0. The molecule has 0 radical (unpaired) electrons. The van der Waals surface area contributed by atoms with Crippen molar-refractivity contribution in [3.8, 4) is 0 Å². The van der Waals surface area contributed by atoms with E-state index in [-0.39, 0.29) is 25.7 Å². The quantitative estimate of drug-likeness (QED) is 0.00943. The topological polar surface area (TPSA) is 276 Å². The maximum atomic E-state index is 13.0. The minimum atomic E-state index is -5.38. The molecule has 384 valence electrons. The van der Waals surface area contributed by atoms with E-state index in [1.165, 1.54) is 70.6 Å². The van der Waals surface area contributed by atoms with E-state index < -0.39 is 89.6 Å². The Morgan fingerprint density at radius 2 is 1.11 bits per heavy atom. The highest BCUT2D eigenvalue weighted by atomic mass is 31.2. The molecule has 19 heteroatoms. The Labute approximate surface area is 393 Å². The molecule has 1 fully saturated rings. The molecule has 66 heavy (non-hydrogen) atoms. The lowest BCUT2D eigenvalue weighted by Crippen LogP contribution is -2.64. The van der Waals surface area contributed by atoms with Gasteiger partial charge < -0.3 is 49.7 Å². The van der Waals surface area contributed by atoms with Gasteiger partial charge in [0.05, 0.1) is 12.7 Å². The fraction of sp³-hybridized carbons (Fsp3) is 0.787. The number of phosphoric ester groups is 2. The van der Waals surface area contributed by atoms with Gasteiger partial charge in [-0.3, -0.25) is 23.2 Å². The van der Waals surface area contributed by atoms with Gasteiger partial charge in [0.15, 0.2) is 6.10 Å². The van der Waals surface area contributed by atoms with E-state index in [4.69, 9.17) is 18.5 Å². The molecule has 9 atom stereocenters. The number of rotatable bonds is 40. The van der Waals surface area contributed by atoms with Crippen molar-refractivity contribution < 1.29 is 82.0 Å². The lowest BCUT2D eigenvalue weighted by molar-refractivity contribution is -0.216. The van der Waals surface area contributed by atoms with E-state index in [9.17, 15) is 58.9 Å². The molecule has 0 spiro atoms. The maximum Gasteiger partial charge on any atom is 0.472 e. The number of allylic oxidation sites excluding steroid dienone is 7. The van der Waals surface area contributed by atoms with Crippen molar-refractivity contribution in [2.75, 3.05) is 13.2 Å². The Morgan fingerprint density at radius 3 is 1.68 bits per heavy atom. The van der Waals surface area contributed by atoms with Crippen LogP contribution in [-0.4, -0.2) is 114 Å². The minimum Gasteiger partial charge on any atom is -0.462 e. The van der Waals surface area contributed by atoms with Gasteiger partial charge in [-0.05, 0) is 57.8 Å². The molecule has 0 bridgehead atoms. The number of aliphatic hydroxyl groups is 5. The van der Waals surface area contributed by atoms with Crippen LogP contribution in [0, 0.1) is 0 Å². The van der Waals surface area contributed by atoms with Gasteiger partial charge in [-0.25, -0.2) is 9.13 Å². The lowest BCUT2D eigenvalue weighted by atomic mass is 9.85. The van der Waals surface area contributed by atoms with Crippen molar-refractivity contribution in [1.29, 1.82) is 0 Å². The SMILES string of the molecule is CC/C=C\CCCCCCCCCCCCCC(=O)O[C@H](COC(=O)CCCC(O)/C=C/C=C/C/C=C/CCCCCCCC)COP(=O)(O)O[C@H]1C(O)C(O)C(O)[C@@H](OP(=O)(O)O)C1O. The van der Waals surface area contributed by atoms with Crippen LogP contribution in [-0.2, 0) is 41.8 Å². The van der Waals surface area contributed by atoms with Crippen molar-refractivity contribution in [2.24, 2.45) is 0 Å². The molecule has 1 aliphatic rings. The zero-order valence-corrected chi connectivity index (χ0v) is 41.3. The first-order chi connectivity index (χ1) is 31.5. The molecular formula is C47H84O17P2. The van der Waals surface area contributed by atoms with Gasteiger partial charge in [-0.2, -0.15) is 0 Å². The summed E-state index contributed by atoms with van der Waals surface area (Å²) in [7, 11) is -10.7. The highest BCUT2D eigenvalue weighted by Gasteiger charge is 2.54. The Morgan fingerprint density at radius 1 is 0.576 bits per heavy atom. The smallest absolute Gasteiger partial charge is 0.462 e. The number of hydrogen-bond acceptors (Lipinski definition) is 14. The molecule has 6 unspecified atom stereocenters. The number of aliphatic hydroxyl groups excluding tert-OH is 5. The summed E-state index contributed by atoms with van der Waals surface area (Å²) in [5.74, 6) is -1.40. The highest BCUT2D eigenvalue weighted by Crippen LogP contribution is 2.49. The zero-order valence-electron chi connectivity index (χ0n) is 39.5. The first-order valence-corrected chi connectivity index (χ1v) is 27.3. The molecule has 8 N–H and O–H groups in total. The molecule has 17 nitrogen and oxygen atoms in total. The third-order valence-electron chi connectivity index (χ3n) is 11.0. The summed E-state index contributed by atoms with van der Waals surface area (Å²) in [6.45, 7) is 2.86. The summed E-state index contributed by atoms with van der Waals surface area (Å²) in [6, 6.07) is 0.